The highest BCUT2D eigenvalue weighted by molar-refractivity contribution is 5.76. The zero-order valence-electron chi connectivity index (χ0n) is 31.9. The lowest BCUT2D eigenvalue weighted by Gasteiger charge is -2.48. The van der Waals surface area contributed by atoms with Crippen LogP contribution in [0.15, 0.2) is 0 Å². The molecule has 2 rings (SSSR count). The summed E-state index contributed by atoms with van der Waals surface area (Å²) in [4.78, 5) is 99.7. The normalized spacial score (nSPS) is 28.7. The van der Waals surface area contributed by atoms with E-state index in [0.717, 1.165) is 41.5 Å². The number of rotatable bonds is 12. The third kappa shape index (κ3) is 13.5. The second-order valence-corrected chi connectivity index (χ2v) is 14.4. The Bertz CT molecular complexity index is 1380. The van der Waals surface area contributed by atoms with Crippen LogP contribution in [0.4, 0.5) is 0 Å². The van der Waals surface area contributed by atoms with Gasteiger partial charge in [0.05, 0.1) is 10.8 Å². The largest absolute Gasteiger partial charge is 0.463 e. The van der Waals surface area contributed by atoms with Crippen molar-refractivity contribution in [3.63, 3.8) is 0 Å². The molecule has 0 spiro atoms. The van der Waals surface area contributed by atoms with Gasteiger partial charge >= 0.3 is 47.8 Å². The summed E-state index contributed by atoms with van der Waals surface area (Å²) in [6, 6.07) is 0. The molecule has 0 aromatic carbocycles. The third-order valence-corrected chi connectivity index (χ3v) is 7.26. The highest BCUT2D eigenvalue weighted by Crippen LogP contribution is 2.36. The van der Waals surface area contributed by atoms with Crippen LogP contribution in [0.25, 0.3) is 0 Å². The minimum Gasteiger partial charge on any atom is -0.463 e. The Balaban J connectivity index is 2.80. The second-order valence-electron chi connectivity index (χ2n) is 14.4. The number of esters is 8. The molecule has 19 nitrogen and oxygen atoms in total. The minimum atomic E-state index is -1.87. The molecule has 0 N–H and O–H groups in total. The molecular weight excluding hydrogens is 712 g/mol. The van der Waals surface area contributed by atoms with Gasteiger partial charge in [-0.25, -0.2) is 0 Å². The van der Waals surface area contributed by atoms with Crippen molar-refractivity contribution in [3.05, 3.63) is 0 Å². The quantitative estimate of drug-likeness (QED) is 0.201. The average molecular weight is 763 g/mol. The molecule has 2 aliphatic heterocycles. The maximum atomic E-state index is 13.3. The van der Waals surface area contributed by atoms with Crippen molar-refractivity contribution in [1.29, 1.82) is 0 Å². The highest BCUT2D eigenvalue weighted by atomic mass is 16.8. The molecule has 0 aliphatic carbocycles. The molecule has 2 aliphatic rings. The van der Waals surface area contributed by atoms with Crippen molar-refractivity contribution in [2.45, 2.75) is 144 Å². The van der Waals surface area contributed by atoms with E-state index in [4.69, 9.17) is 52.1 Å². The predicted molar refractivity (Wildman–Crippen MR) is 173 cm³/mol. The van der Waals surface area contributed by atoms with Crippen molar-refractivity contribution in [2.24, 2.45) is 10.8 Å². The van der Waals surface area contributed by atoms with E-state index in [1.807, 2.05) is 0 Å². The van der Waals surface area contributed by atoms with Gasteiger partial charge in [-0.15, -0.1) is 0 Å². The summed E-state index contributed by atoms with van der Waals surface area (Å²) in [5, 5.41) is 0. The molecule has 10 atom stereocenters. The Morgan fingerprint density at radius 2 is 0.736 bits per heavy atom. The Morgan fingerprint density at radius 3 is 1.08 bits per heavy atom. The zero-order chi connectivity index (χ0) is 40.6. The first-order chi connectivity index (χ1) is 24.3. The molecule has 2 heterocycles. The Hall–Kier alpha value is -4.36. The molecule has 0 bridgehead atoms. The van der Waals surface area contributed by atoms with Crippen molar-refractivity contribution < 1.29 is 90.5 Å². The fourth-order valence-corrected chi connectivity index (χ4v) is 5.01. The van der Waals surface area contributed by atoms with Gasteiger partial charge < -0.3 is 52.1 Å². The number of hydrogen-bond acceptors (Lipinski definition) is 19. The lowest BCUT2D eigenvalue weighted by Crippen LogP contribution is -2.67. The number of carbonyl (C=O) groups excluding carboxylic acids is 8. The fourth-order valence-electron chi connectivity index (χ4n) is 5.01. The van der Waals surface area contributed by atoms with E-state index in [-0.39, 0.29) is 0 Å². The lowest BCUT2D eigenvalue weighted by molar-refractivity contribution is -0.378. The van der Waals surface area contributed by atoms with E-state index in [9.17, 15) is 38.4 Å². The molecule has 53 heavy (non-hydrogen) atoms. The van der Waals surface area contributed by atoms with Crippen LogP contribution in [-0.4, -0.2) is 122 Å². The van der Waals surface area contributed by atoms with Crippen LogP contribution in [0.5, 0.6) is 0 Å². The van der Waals surface area contributed by atoms with E-state index in [1.165, 1.54) is 20.8 Å². The third-order valence-electron chi connectivity index (χ3n) is 7.26. The van der Waals surface area contributed by atoms with Crippen LogP contribution in [0.1, 0.15) is 83.1 Å². The van der Waals surface area contributed by atoms with Crippen LogP contribution >= 0.6 is 0 Å². The zero-order valence-corrected chi connectivity index (χ0v) is 31.9. The summed E-state index contributed by atoms with van der Waals surface area (Å²) in [5.74, 6) is -6.83. The molecule has 0 aromatic heterocycles. The first-order valence-corrected chi connectivity index (χ1v) is 16.7. The molecule has 0 radical (unpaired) electrons. The number of ether oxygens (including phenoxy) is 11. The fraction of sp³-hybridized carbons (Fsp3) is 0.765. The predicted octanol–water partition coefficient (Wildman–Crippen LogP) is 1.22. The topological polar surface area (TPSA) is 238 Å². The summed E-state index contributed by atoms with van der Waals surface area (Å²) >= 11 is 0. The van der Waals surface area contributed by atoms with E-state index in [1.54, 1.807) is 20.8 Å². The van der Waals surface area contributed by atoms with Crippen LogP contribution in [0.3, 0.4) is 0 Å². The van der Waals surface area contributed by atoms with Crippen molar-refractivity contribution in [1.82, 2.24) is 0 Å². The van der Waals surface area contributed by atoms with Gasteiger partial charge in [0.2, 0.25) is 12.6 Å². The summed E-state index contributed by atoms with van der Waals surface area (Å²) < 4.78 is 62.1. The molecule has 2 fully saturated rings. The van der Waals surface area contributed by atoms with Gasteiger partial charge in [0.1, 0.15) is 25.4 Å². The van der Waals surface area contributed by atoms with E-state index in [0.29, 0.717) is 0 Å². The van der Waals surface area contributed by atoms with Crippen LogP contribution in [0, 0.1) is 10.8 Å². The summed E-state index contributed by atoms with van der Waals surface area (Å²) in [7, 11) is 0. The molecular formula is C34H50O19. The SMILES string of the molecule is CC(=O)OC[C@H]1O[C@H](O[C@@H]2O[C@@H](COC(=O)C(C)(C)C)[C@H](OC(C)=O)[C@@H](OC(C)=O)[C@@H]2OC(C)=O)[C@H](OC(=O)C(C)(C)C)[C@@H](OC(C)=O)[C@@H]1OC(C)=O. The molecule has 19 heteroatoms. The summed E-state index contributed by atoms with van der Waals surface area (Å²) in [5.41, 5.74) is -2.16. The first-order valence-electron chi connectivity index (χ1n) is 16.7. The molecule has 0 unspecified atom stereocenters. The maximum absolute atomic E-state index is 13.3. The van der Waals surface area contributed by atoms with Crippen molar-refractivity contribution in [2.75, 3.05) is 13.2 Å². The van der Waals surface area contributed by atoms with Crippen LogP contribution < -0.4 is 0 Å². The van der Waals surface area contributed by atoms with Gasteiger partial charge in [0.25, 0.3) is 0 Å². The summed E-state index contributed by atoms with van der Waals surface area (Å²) in [6.07, 6.45) is -16.6. The van der Waals surface area contributed by atoms with Crippen LogP contribution in [0.2, 0.25) is 0 Å². The van der Waals surface area contributed by atoms with E-state index in [2.05, 4.69) is 0 Å². The maximum Gasteiger partial charge on any atom is 0.311 e. The van der Waals surface area contributed by atoms with E-state index >= 15 is 0 Å². The Kier molecular flexibility index (Phi) is 15.7. The Morgan fingerprint density at radius 1 is 0.415 bits per heavy atom. The highest BCUT2D eigenvalue weighted by Gasteiger charge is 2.58. The monoisotopic (exact) mass is 762 g/mol. The smallest absolute Gasteiger partial charge is 0.311 e. The van der Waals surface area contributed by atoms with Crippen molar-refractivity contribution >= 4 is 47.8 Å². The van der Waals surface area contributed by atoms with E-state index < -0.39 is 133 Å². The summed E-state index contributed by atoms with van der Waals surface area (Å²) in [6.45, 7) is 14.4. The lowest BCUT2D eigenvalue weighted by atomic mass is 9.95. The number of carbonyl (C=O) groups is 8. The van der Waals surface area contributed by atoms with Gasteiger partial charge in [0.15, 0.2) is 36.6 Å². The standard InChI is InChI=1S/C34H50O19/c1-15(35)43-13-21-23(45-16(2)36)26(48-19(5)39)28(52-32(42)34(10,11)12)30(50-21)53-29-27(49-20(6)40)25(47-18(4)38)24(46-17(3)37)22(51-29)14-44-31(41)33(7,8)9/h21-30H,13-14H2,1-12H3/t21-,22+,23-,24+,25-,26+,27+,28-,29+,30-/m1/s1. The van der Waals surface area contributed by atoms with Gasteiger partial charge in [0, 0.05) is 41.5 Å². The van der Waals surface area contributed by atoms with Gasteiger partial charge in [-0.3, -0.25) is 38.4 Å². The van der Waals surface area contributed by atoms with Gasteiger partial charge in [-0.05, 0) is 41.5 Å². The Labute approximate surface area is 306 Å². The molecule has 2 saturated heterocycles. The van der Waals surface area contributed by atoms with Gasteiger partial charge in [-0.2, -0.15) is 0 Å². The molecule has 0 amide bonds. The molecule has 0 saturated carbocycles. The molecule has 300 valence electrons. The minimum absolute atomic E-state index is 0.598. The first kappa shape index (κ1) is 44.8. The van der Waals surface area contributed by atoms with Gasteiger partial charge in [-0.1, -0.05) is 0 Å². The van der Waals surface area contributed by atoms with Crippen molar-refractivity contribution in [3.8, 4) is 0 Å². The van der Waals surface area contributed by atoms with Crippen LogP contribution in [-0.2, 0) is 90.5 Å². The number of hydrogen-bond donors (Lipinski definition) is 0. The molecule has 0 aromatic rings. The second kappa shape index (κ2) is 18.6. The average Bonchev–Trinajstić information content (AvgIpc) is 2.98.